The lowest BCUT2D eigenvalue weighted by molar-refractivity contribution is -0.0499. The molecule has 6 heteroatoms. The molecule has 0 aromatic carbocycles. The monoisotopic (exact) mass is 264 g/mol. The Morgan fingerprint density at radius 1 is 1.47 bits per heavy atom. The van der Waals surface area contributed by atoms with Gasteiger partial charge >= 0.3 is 0 Å². The molecule has 2 atom stereocenters. The molecule has 0 saturated carbocycles. The molecule has 0 bridgehead atoms. The van der Waals surface area contributed by atoms with Crippen molar-refractivity contribution < 1.29 is 13.2 Å². The second kappa shape index (κ2) is 6.13. The molecule has 5 nitrogen and oxygen atoms in total. The molecule has 0 aromatic rings. The quantitative estimate of drug-likeness (QED) is 0.748. The fourth-order valence-electron chi connectivity index (χ4n) is 1.96. The highest BCUT2D eigenvalue weighted by Gasteiger charge is 2.27. The number of ether oxygens (including phenoxy) is 1. The number of rotatable bonds is 5. The first-order chi connectivity index (χ1) is 7.79. The molecule has 2 N–H and O–H groups in total. The van der Waals surface area contributed by atoms with Crippen LogP contribution in [-0.4, -0.2) is 63.2 Å². The summed E-state index contributed by atoms with van der Waals surface area (Å²) in [6.07, 6.45) is 1.66. The minimum atomic E-state index is -2.94. The van der Waals surface area contributed by atoms with Crippen LogP contribution in [0.1, 0.15) is 20.3 Å². The Balaban J connectivity index is 2.43. The van der Waals surface area contributed by atoms with Crippen LogP contribution in [0.25, 0.3) is 0 Å². The molecule has 0 radical (unpaired) electrons. The first-order valence-corrected chi connectivity index (χ1v) is 8.14. The summed E-state index contributed by atoms with van der Waals surface area (Å²) in [6, 6.07) is 0.273. The molecule has 1 aliphatic heterocycles. The van der Waals surface area contributed by atoms with Gasteiger partial charge in [0.05, 0.1) is 18.5 Å². The van der Waals surface area contributed by atoms with E-state index in [1.807, 2.05) is 0 Å². The van der Waals surface area contributed by atoms with Gasteiger partial charge in [0.1, 0.15) is 9.84 Å². The Hall–Kier alpha value is -0.170. The third-order valence-electron chi connectivity index (χ3n) is 3.15. The molecule has 102 valence electrons. The Morgan fingerprint density at radius 2 is 2.12 bits per heavy atom. The first-order valence-electron chi connectivity index (χ1n) is 6.08. The maximum Gasteiger partial charge on any atom is 0.147 e. The summed E-state index contributed by atoms with van der Waals surface area (Å²) in [7, 11) is -2.94. The Morgan fingerprint density at radius 3 is 2.65 bits per heavy atom. The van der Waals surface area contributed by atoms with Crippen molar-refractivity contribution in [2.45, 2.75) is 38.5 Å². The van der Waals surface area contributed by atoms with Crippen LogP contribution in [0, 0.1) is 0 Å². The summed E-state index contributed by atoms with van der Waals surface area (Å²) in [5.74, 6) is 0.135. The van der Waals surface area contributed by atoms with Crippen LogP contribution < -0.4 is 5.73 Å². The van der Waals surface area contributed by atoms with Gasteiger partial charge in [0.15, 0.2) is 0 Å². The largest absolute Gasteiger partial charge is 0.374 e. The summed E-state index contributed by atoms with van der Waals surface area (Å²) in [5.41, 5.74) is 6.00. The van der Waals surface area contributed by atoms with E-state index < -0.39 is 9.84 Å². The zero-order chi connectivity index (χ0) is 13.1. The Bertz CT molecular complexity index is 330. The van der Waals surface area contributed by atoms with Gasteiger partial charge in [0, 0.05) is 31.4 Å². The minimum absolute atomic E-state index is 0.0482. The van der Waals surface area contributed by atoms with Gasteiger partial charge in [-0.2, -0.15) is 0 Å². The van der Waals surface area contributed by atoms with E-state index in [9.17, 15) is 8.42 Å². The predicted octanol–water partition coefficient (Wildman–Crippen LogP) is -0.142. The molecule has 0 aromatic heterocycles. The smallest absolute Gasteiger partial charge is 0.147 e. The van der Waals surface area contributed by atoms with E-state index in [1.165, 1.54) is 6.26 Å². The second-order valence-corrected chi connectivity index (χ2v) is 7.34. The van der Waals surface area contributed by atoms with E-state index in [1.54, 1.807) is 0 Å². The van der Waals surface area contributed by atoms with Crippen LogP contribution in [0.2, 0.25) is 0 Å². The molecule has 2 unspecified atom stereocenters. The van der Waals surface area contributed by atoms with Crippen molar-refractivity contribution in [2.24, 2.45) is 5.73 Å². The highest BCUT2D eigenvalue weighted by molar-refractivity contribution is 7.90. The van der Waals surface area contributed by atoms with Crippen LogP contribution >= 0.6 is 0 Å². The van der Waals surface area contributed by atoms with Gasteiger partial charge in [-0.05, 0) is 20.3 Å². The van der Waals surface area contributed by atoms with Crippen molar-refractivity contribution in [1.29, 1.82) is 0 Å². The van der Waals surface area contributed by atoms with Gasteiger partial charge in [-0.3, -0.25) is 4.90 Å². The van der Waals surface area contributed by atoms with E-state index in [-0.39, 0.29) is 17.9 Å². The molecule has 1 rings (SSSR count). The van der Waals surface area contributed by atoms with Crippen LogP contribution in [0.4, 0.5) is 0 Å². The van der Waals surface area contributed by atoms with Crippen LogP contribution in [0.5, 0.6) is 0 Å². The lowest BCUT2D eigenvalue weighted by Gasteiger charge is -2.37. The molecular formula is C11H24N2O3S. The van der Waals surface area contributed by atoms with Gasteiger partial charge in [-0.15, -0.1) is 0 Å². The molecular weight excluding hydrogens is 240 g/mol. The second-order valence-electron chi connectivity index (χ2n) is 5.08. The molecule has 1 fully saturated rings. The topological polar surface area (TPSA) is 72.6 Å². The van der Waals surface area contributed by atoms with Crippen LogP contribution in [0.3, 0.4) is 0 Å². The zero-order valence-electron chi connectivity index (χ0n) is 10.9. The van der Waals surface area contributed by atoms with Gasteiger partial charge in [0.25, 0.3) is 0 Å². The van der Waals surface area contributed by atoms with Crippen LogP contribution in [-0.2, 0) is 14.6 Å². The third kappa shape index (κ3) is 5.33. The van der Waals surface area contributed by atoms with E-state index in [2.05, 4.69) is 18.7 Å². The normalized spacial score (nSPS) is 25.1. The SMILES string of the molecule is CC(C)N1CCOC(C(N)CCS(C)(=O)=O)C1. The van der Waals surface area contributed by atoms with Crippen molar-refractivity contribution in [3.8, 4) is 0 Å². The summed E-state index contributed by atoms with van der Waals surface area (Å²) < 4.78 is 27.8. The number of morpholine rings is 1. The summed E-state index contributed by atoms with van der Waals surface area (Å²) in [5, 5.41) is 0. The zero-order valence-corrected chi connectivity index (χ0v) is 11.7. The predicted molar refractivity (Wildman–Crippen MR) is 68.8 cm³/mol. The Labute approximate surface area is 104 Å². The van der Waals surface area contributed by atoms with Crippen molar-refractivity contribution in [3.05, 3.63) is 0 Å². The average molecular weight is 264 g/mol. The van der Waals surface area contributed by atoms with Gasteiger partial charge < -0.3 is 10.5 Å². The van der Waals surface area contributed by atoms with Crippen molar-refractivity contribution >= 4 is 9.84 Å². The van der Waals surface area contributed by atoms with Crippen molar-refractivity contribution in [3.63, 3.8) is 0 Å². The standard InChI is InChI=1S/C11H24N2O3S/c1-9(2)13-5-6-16-11(8-13)10(12)4-7-17(3,14)15/h9-11H,4-8,12H2,1-3H3. The van der Waals surface area contributed by atoms with E-state index >= 15 is 0 Å². The van der Waals surface area contributed by atoms with Gasteiger partial charge in [0.2, 0.25) is 0 Å². The molecule has 1 aliphatic rings. The van der Waals surface area contributed by atoms with Crippen LogP contribution in [0.15, 0.2) is 0 Å². The highest BCUT2D eigenvalue weighted by Crippen LogP contribution is 2.13. The highest BCUT2D eigenvalue weighted by atomic mass is 32.2. The van der Waals surface area contributed by atoms with E-state index in [0.717, 1.165) is 13.1 Å². The summed E-state index contributed by atoms with van der Waals surface area (Å²) in [4.78, 5) is 2.31. The summed E-state index contributed by atoms with van der Waals surface area (Å²) in [6.45, 7) is 6.68. The molecule has 0 amide bonds. The summed E-state index contributed by atoms with van der Waals surface area (Å²) >= 11 is 0. The number of hydrogen-bond donors (Lipinski definition) is 1. The first kappa shape index (κ1) is 14.9. The third-order valence-corrected chi connectivity index (χ3v) is 4.13. The molecule has 0 spiro atoms. The maximum atomic E-state index is 11.1. The van der Waals surface area contributed by atoms with E-state index in [0.29, 0.717) is 19.1 Å². The van der Waals surface area contributed by atoms with E-state index in [4.69, 9.17) is 10.5 Å². The number of sulfone groups is 1. The molecule has 17 heavy (non-hydrogen) atoms. The van der Waals surface area contributed by atoms with Gasteiger partial charge in [-0.1, -0.05) is 0 Å². The fourth-order valence-corrected chi connectivity index (χ4v) is 2.66. The molecule has 1 saturated heterocycles. The fraction of sp³-hybridized carbons (Fsp3) is 1.00. The number of hydrogen-bond acceptors (Lipinski definition) is 5. The minimum Gasteiger partial charge on any atom is -0.374 e. The number of nitrogens with two attached hydrogens (primary N) is 1. The average Bonchev–Trinajstić information content (AvgIpc) is 2.25. The lowest BCUT2D eigenvalue weighted by atomic mass is 10.1. The molecule has 0 aliphatic carbocycles. The van der Waals surface area contributed by atoms with Gasteiger partial charge in [-0.25, -0.2) is 8.42 Å². The molecule has 1 heterocycles. The Kier molecular flexibility index (Phi) is 5.37. The lowest BCUT2D eigenvalue weighted by Crippen LogP contribution is -2.52. The number of nitrogens with zero attached hydrogens (tertiary/aromatic N) is 1. The maximum absolute atomic E-state index is 11.1. The van der Waals surface area contributed by atoms with Crippen molar-refractivity contribution in [2.75, 3.05) is 31.7 Å². The van der Waals surface area contributed by atoms with Crippen molar-refractivity contribution in [1.82, 2.24) is 4.90 Å².